The lowest BCUT2D eigenvalue weighted by Gasteiger charge is -2.16. The number of aliphatic imine (C=N–C) groups is 1. The quantitative estimate of drug-likeness (QED) is 0.845. The van der Waals surface area contributed by atoms with Crippen LogP contribution in [0.1, 0.15) is 43.5 Å². The van der Waals surface area contributed by atoms with Crippen molar-refractivity contribution in [1.29, 1.82) is 5.26 Å². The summed E-state index contributed by atoms with van der Waals surface area (Å²) >= 11 is 0. The normalized spacial score (nSPS) is 11.0. The molecule has 2 rings (SSSR count). The van der Waals surface area contributed by atoms with Crippen molar-refractivity contribution in [1.82, 2.24) is 4.57 Å². The van der Waals surface area contributed by atoms with Gasteiger partial charge in [-0.1, -0.05) is 12.1 Å². The Hall–Kier alpha value is -3.07. The molecule has 0 unspecified atom stereocenters. The van der Waals surface area contributed by atoms with Gasteiger partial charge in [0, 0.05) is 12.3 Å². The lowest BCUT2D eigenvalue weighted by molar-refractivity contribution is 0.341. The molecule has 0 aliphatic heterocycles. The van der Waals surface area contributed by atoms with Crippen LogP contribution in [-0.2, 0) is 0 Å². The van der Waals surface area contributed by atoms with Crippen LogP contribution < -0.4 is 10.3 Å². The summed E-state index contributed by atoms with van der Waals surface area (Å²) in [6.07, 6.45) is 1.46. The zero-order valence-electron chi connectivity index (χ0n) is 14.8. The highest BCUT2D eigenvalue weighted by Crippen LogP contribution is 2.28. The molecule has 0 aliphatic carbocycles. The number of nitriles is 1. The molecular weight excluding hydrogens is 318 g/mol. The van der Waals surface area contributed by atoms with Crippen LogP contribution in [0.25, 0.3) is 0 Å². The van der Waals surface area contributed by atoms with Crippen molar-refractivity contribution in [3.63, 3.8) is 0 Å². The molecule has 1 heterocycles. The van der Waals surface area contributed by atoms with E-state index < -0.39 is 5.56 Å². The first-order valence-corrected chi connectivity index (χ1v) is 8.06. The van der Waals surface area contributed by atoms with Crippen LogP contribution in [0, 0.1) is 18.3 Å². The Morgan fingerprint density at radius 2 is 2.08 bits per heavy atom. The van der Waals surface area contributed by atoms with Gasteiger partial charge in [-0.3, -0.25) is 14.4 Å². The molecule has 0 saturated carbocycles. The maximum atomic E-state index is 12.4. The minimum atomic E-state index is -0.501. The Balaban J connectivity index is 2.63. The summed E-state index contributed by atoms with van der Waals surface area (Å²) in [6.45, 7) is 7.55. The van der Waals surface area contributed by atoms with Crippen molar-refractivity contribution < 1.29 is 9.84 Å². The highest BCUT2D eigenvalue weighted by atomic mass is 16.5. The molecule has 0 aliphatic rings. The van der Waals surface area contributed by atoms with Gasteiger partial charge in [-0.05, 0) is 45.4 Å². The maximum Gasteiger partial charge on any atom is 0.271 e. The molecule has 0 fully saturated rings. The third-order valence-electron chi connectivity index (χ3n) is 3.81. The average Bonchev–Trinajstić information content (AvgIpc) is 2.56. The Labute approximate surface area is 146 Å². The van der Waals surface area contributed by atoms with Gasteiger partial charge in [-0.15, -0.1) is 0 Å². The van der Waals surface area contributed by atoms with Gasteiger partial charge < -0.3 is 9.84 Å². The summed E-state index contributed by atoms with van der Waals surface area (Å²) in [6, 6.07) is 8.91. The third kappa shape index (κ3) is 3.56. The van der Waals surface area contributed by atoms with Gasteiger partial charge in [0.05, 0.1) is 12.2 Å². The van der Waals surface area contributed by atoms with E-state index in [1.165, 1.54) is 10.8 Å². The molecule has 0 atom stereocenters. The van der Waals surface area contributed by atoms with E-state index in [2.05, 4.69) is 4.99 Å². The van der Waals surface area contributed by atoms with Crippen molar-refractivity contribution in [3.05, 3.63) is 51.3 Å². The fraction of sp³-hybridized carbons (Fsp3) is 0.316. The van der Waals surface area contributed by atoms with E-state index in [4.69, 9.17) is 4.74 Å². The molecule has 2 aromatic rings. The van der Waals surface area contributed by atoms with Gasteiger partial charge in [0.25, 0.3) is 5.56 Å². The number of benzene rings is 1. The van der Waals surface area contributed by atoms with Gasteiger partial charge >= 0.3 is 0 Å². The highest BCUT2D eigenvalue weighted by molar-refractivity contribution is 5.87. The van der Waals surface area contributed by atoms with Crippen molar-refractivity contribution in [2.24, 2.45) is 4.99 Å². The molecule has 0 saturated heterocycles. The van der Waals surface area contributed by atoms with Gasteiger partial charge in [0.1, 0.15) is 23.1 Å². The first-order valence-electron chi connectivity index (χ1n) is 8.06. The molecule has 1 aromatic heterocycles. The number of nitrogens with zero attached hydrogens (tertiary/aromatic N) is 3. The third-order valence-corrected chi connectivity index (χ3v) is 3.81. The van der Waals surface area contributed by atoms with E-state index in [0.29, 0.717) is 29.2 Å². The standard InChI is InChI=1S/C19H21N3O3/c1-5-25-17-9-7-6-8-16(17)21-11-15-13(4)14(10-20)18(23)22(12(2)3)19(15)24/h6-9,11-12,24H,5H2,1-4H3. The first kappa shape index (κ1) is 18.3. The van der Waals surface area contributed by atoms with E-state index in [0.717, 1.165) is 0 Å². The summed E-state index contributed by atoms with van der Waals surface area (Å²) in [5, 5.41) is 19.8. The van der Waals surface area contributed by atoms with E-state index in [-0.39, 0.29) is 17.5 Å². The van der Waals surface area contributed by atoms with Crippen molar-refractivity contribution >= 4 is 11.9 Å². The number of pyridine rings is 1. The van der Waals surface area contributed by atoms with Crippen LogP contribution in [0.3, 0.4) is 0 Å². The predicted molar refractivity (Wildman–Crippen MR) is 97.1 cm³/mol. The number of aromatic hydroxyl groups is 1. The van der Waals surface area contributed by atoms with Crippen LogP contribution in [0.5, 0.6) is 11.6 Å². The lowest BCUT2D eigenvalue weighted by atomic mass is 10.1. The zero-order chi connectivity index (χ0) is 18.6. The average molecular weight is 339 g/mol. The van der Waals surface area contributed by atoms with Gasteiger partial charge in [-0.2, -0.15) is 5.26 Å². The molecule has 0 amide bonds. The molecule has 0 bridgehead atoms. The van der Waals surface area contributed by atoms with Crippen LogP contribution in [0.4, 0.5) is 5.69 Å². The smallest absolute Gasteiger partial charge is 0.271 e. The molecule has 0 spiro atoms. The molecule has 130 valence electrons. The molecule has 6 nitrogen and oxygen atoms in total. The minimum Gasteiger partial charge on any atom is -0.494 e. The first-order chi connectivity index (χ1) is 11.9. The summed E-state index contributed by atoms with van der Waals surface area (Å²) in [5.41, 5.74) is 0.852. The van der Waals surface area contributed by atoms with E-state index in [1.54, 1.807) is 32.9 Å². The van der Waals surface area contributed by atoms with Gasteiger partial charge in [-0.25, -0.2) is 0 Å². The summed E-state index contributed by atoms with van der Waals surface area (Å²) in [7, 11) is 0. The molecule has 1 N–H and O–H groups in total. The summed E-state index contributed by atoms with van der Waals surface area (Å²) in [4.78, 5) is 16.8. The largest absolute Gasteiger partial charge is 0.494 e. The Morgan fingerprint density at radius 3 is 2.68 bits per heavy atom. The van der Waals surface area contributed by atoms with E-state index >= 15 is 0 Å². The summed E-state index contributed by atoms with van der Waals surface area (Å²) < 4.78 is 6.72. The van der Waals surface area contributed by atoms with Crippen molar-refractivity contribution in [2.75, 3.05) is 6.61 Å². The SMILES string of the molecule is CCOc1ccccc1N=Cc1c(C)c(C#N)c(=O)n(C(C)C)c1O. The minimum absolute atomic E-state index is 0.00560. The van der Waals surface area contributed by atoms with Crippen molar-refractivity contribution in [2.45, 2.75) is 33.7 Å². The van der Waals surface area contributed by atoms with Crippen LogP contribution >= 0.6 is 0 Å². The zero-order valence-corrected chi connectivity index (χ0v) is 14.8. The molecule has 1 aromatic carbocycles. The van der Waals surface area contributed by atoms with Gasteiger partial charge in [0.2, 0.25) is 5.88 Å². The van der Waals surface area contributed by atoms with Gasteiger partial charge in [0.15, 0.2) is 0 Å². The van der Waals surface area contributed by atoms with Crippen LogP contribution in [0.15, 0.2) is 34.1 Å². The van der Waals surface area contributed by atoms with E-state index in [9.17, 15) is 15.2 Å². The number of hydrogen-bond donors (Lipinski definition) is 1. The fourth-order valence-corrected chi connectivity index (χ4v) is 2.55. The number of hydrogen-bond acceptors (Lipinski definition) is 5. The number of rotatable bonds is 5. The molecule has 6 heteroatoms. The molecule has 25 heavy (non-hydrogen) atoms. The number of para-hydroxylation sites is 2. The second-order valence-corrected chi connectivity index (χ2v) is 5.78. The van der Waals surface area contributed by atoms with E-state index in [1.807, 2.05) is 25.1 Å². The topological polar surface area (TPSA) is 87.6 Å². The van der Waals surface area contributed by atoms with Crippen LogP contribution in [0.2, 0.25) is 0 Å². The number of ether oxygens (including phenoxy) is 1. The fourth-order valence-electron chi connectivity index (χ4n) is 2.55. The second kappa shape index (κ2) is 7.67. The Kier molecular flexibility index (Phi) is 5.60. The highest BCUT2D eigenvalue weighted by Gasteiger charge is 2.19. The Morgan fingerprint density at radius 1 is 1.40 bits per heavy atom. The maximum absolute atomic E-state index is 12.4. The van der Waals surface area contributed by atoms with Crippen molar-refractivity contribution in [3.8, 4) is 17.7 Å². The second-order valence-electron chi connectivity index (χ2n) is 5.78. The number of aromatic nitrogens is 1. The monoisotopic (exact) mass is 339 g/mol. The van der Waals surface area contributed by atoms with Crippen LogP contribution in [-0.4, -0.2) is 22.5 Å². The Bertz CT molecular complexity index is 905. The molecule has 0 radical (unpaired) electrons. The predicted octanol–water partition coefficient (Wildman–Crippen LogP) is 3.46. The summed E-state index contributed by atoms with van der Waals surface area (Å²) in [5.74, 6) is 0.422. The molecular formula is C19H21N3O3. The lowest BCUT2D eigenvalue weighted by Crippen LogP contribution is -2.26.